The number of hydrogen-bond donors (Lipinski definition) is 1. The number of non-ortho nitro benzene ring substituents is 1. The lowest BCUT2D eigenvalue weighted by atomic mass is 10.1. The van der Waals surface area contributed by atoms with Gasteiger partial charge in [-0.2, -0.15) is 0 Å². The summed E-state index contributed by atoms with van der Waals surface area (Å²) in [6.45, 7) is 3.83. The normalized spacial score (nSPS) is 11.9. The third-order valence-corrected chi connectivity index (χ3v) is 2.78. The molecule has 0 saturated carbocycles. The van der Waals surface area contributed by atoms with Crippen molar-refractivity contribution in [1.29, 1.82) is 0 Å². The maximum absolute atomic E-state index is 13.8. The first-order chi connectivity index (χ1) is 8.86. The smallest absolute Gasteiger partial charge is 0.308 e. The van der Waals surface area contributed by atoms with Gasteiger partial charge in [0.15, 0.2) is 5.82 Å². The number of carbonyl (C=O) groups is 1. The van der Waals surface area contributed by atoms with Crippen LogP contribution in [0.25, 0.3) is 0 Å². The molecule has 0 heterocycles. The summed E-state index contributed by atoms with van der Waals surface area (Å²) in [6.07, 6.45) is 0. The molecule has 1 aromatic carbocycles. The van der Waals surface area contributed by atoms with Crippen molar-refractivity contribution in [3.05, 3.63) is 34.1 Å². The van der Waals surface area contributed by atoms with Crippen LogP contribution in [-0.4, -0.2) is 29.1 Å². The molecule has 0 saturated heterocycles. The Hall–Kier alpha value is -2.18. The fourth-order valence-corrected chi connectivity index (χ4v) is 1.67. The quantitative estimate of drug-likeness (QED) is 0.633. The fourth-order valence-electron chi connectivity index (χ4n) is 1.67. The number of hydrogen-bond acceptors (Lipinski definition) is 4. The average molecular weight is 270 g/mol. The molecule has 0 aromatic heterocycles. The number of carboxylic acids is 1. The summed E-state index contributed by atoms with van der Waals surface area (Å²) >= 11 is 0. The number of aliphatic carboxylic acids is 1. The van der Waals surface area contributed by atoms with Gasteiger partial charge in [0.1, 0.15) is 0 Å². The van der Waals surface area contributed by atoms with E-state index in [0.29, 0.717) is 6.54 Å². The van der Waals surface area contributed by atoms with E-state index in [1.807, 2.05) is 0 Å². The maximum Gasteiger partial charge on any atom is 0.308 e. The molecule has 19 heavy (non-hydrogen) atoms. The Bertz CT molecular complexity index is 493. The summed E-state index contributed by atoms with van der Waals surface area (Å²) in [6, 6.07) is 3.33. The number of halogens is 1. The van der Waals surface area contributed by atoms with E-state index < -0.39 is 22.6 Å². The minimum Gasteiger partial charge on any atom is -0.481 e. The zero-order valence-electron chi connectivity index (χ0n) is 10.7. The van der Waals surface area contributed by atoms with Gasteiger partial charge >= 0.3 is 5.97 Å². The van der Waals surface area contributed by atoms with Crippen LogP contribution in [-0.2, 0) is 4.79 Å². The van der Waals surface area contributed by atoms with Gasteiger partial charge in [-0.1, -0.05) is 6.92 Å². The standard InChI is InChI=1S/C12H15FN2O4/c1-3-14(7-8(2)12(16)17)11-5-4-9(15(18)19)6-10(11)13/h4-6,8H,3,7H2,1-2H3,(H,16,17). The van der Waals surface area contributed by atoms with Gasteiger partial charge in [0, 0.05) is 19.2 Å². The second-order valence-electron chi connectivity index (χ2n) is 4.17. The highest BCUT2D eigenvalue weighted by atomic mass is 19.1. The molecular formula is C12H15FN2O4. The number of nitro groups is 1. The van der Waals surface area contributed by atoms with Crippen LogP contribution >= 0.6 is 0 Å². The monoisotopic (exact) mass is 270 g/mol. The van der Waals surface area contributed by atoms with Gasteiger partial charge < -0.3 is 10.0 Å². The molecule has 0 amide bonds. The van der Waals surface area contributed by atoms with Gasteiger partial charge in [-0.25, -0.2) is 4.39 Å². The molecule has 0 radical (unpaired) electrons. The molecule has 7 heteroatoms. The highest BCUT2D eigenvalue weighted by Crippen LogP contribution is 2.24. The first-order valence-corrected chi connectivity index (χ1v) is 5.78. The van der Waals surface area contributed by atoms with Gasteiger partial charge in [-0.15, -0.1) is 0 Å². The Morgan fingerprint density at radius 2 is 2.21 bits per heavy atom. The molecule has 1 atom stereocenters. The molecule has 0 fully saturated rings. The summed E-state index contributed by atoms with van der Waals surface area (Å²) in [5.74, 6) is -2.36. The Morgan fingerprint density at radius 3 is 2.63 bits per heavy atom. The van der Waals surface area contributed by atoms with E-state index in [0.717, 1.165) is 6.07 Å². The van der Waals surface area contributed by atoms with E-state index in [1.165, 1.54) is 24.0 Å². The lowest BCUT2D eigenvalue weighted by Gasteiger charge is -2.25. The van der Waals surface area contributed by atoms with Crippen LogP contribution in [0.3, 0.4) is 0 Å². The van der Waals surface area contributed by atoms with Gasteiger partial charge in [0.2, 0.25) is 0 Å². The molecule has 104 valence electrons. The van der Waals surface area contributed by atoms with Crippen molar-refractivity contribution >= 4 is 17.3 Å². The van der Waals surface area contributed by atoms with Crippen molar-refractivity contribution in [3.8, 4) is 0 Å². The first kappa shape index (κ1) is 14.9. The van der Waals surface area contributed by atoms with Crippen molar-refractivity contribution in [3.63, 3.8) is 0 Å². The molecule has 0 spiro atoms. The van der Waals surface area contributed by atoms with Gasteiger partial charge in [0.05, 0.1) is 22.6 Å². The van der Waals surface area contributed by atoms with Crippen molar-refractivity contribution in [2.24, 2.45) is 5.92 Å². The summed E-state index contributed by atoms with van der Waals surface area (Å²) < 4.78 is 13.8. The van der Waals surface area contributed by atoms with Crippen LogP contribution < -0.4 is 4.90 Å². The Labute approximate surface area is 109 Å². The molecular weight excluding hydrogens is 255 g/mol. The van der Waals surface area contributed by atoms with E-state index >= 15 is 0 Å². The predicted molar refractivity (Wildman–Crippen MR) is 67.7 cm³/mol. The third-order valence-electron chi connectivity index (χ3n) is 2.78. The predicted octanol–water partition coefficient (Wildman–Crippen LogP) is 2.28. The lowest BCUT2D eigenvalue weighted by Crippen LogP contribution is -2.32. The van der Waals surface area contributed by atoms with Crippen LogP contribution in [0.15, 0.2) is 18.2 Å². The molecule has 0 aliphatic heterocycles. The van der Waals surface area contributed by atoms with Crippen molar-refractivity contribution in [2.45, 2.75) is 13.8 Å². The van der Waals surface area contributed by atoms with E-state index in [2.05, 4.69) is 0 Å². The van der Waals surface area contributed by atoms with Crippen LogP contribution in [0.4, 0.5) is 15.8 Å². The van der Waals surface area contributed by atoms with Gasteiger partial charge in [-0.05, 0) is 13.0 Å². The summed E-state index contributed by atoms with van der Waals surface area (Å²) in [7, 11) is 0. The highest BCUT2D eigenvalue weighted by molar-refractivity contribution is 5.70. The molecule has 0 bridgehead atoms. The topological polar surface area (TPSA) is 83.7 Å². The zero-order valence-corrected chi connectivity index (χ0v) is 10.7. The highest BCUT2D eigenvalue weighted by Gasteiger charge is 2.19. The second-order valence-corrected chi connectivity index (χ2v) is 4.17. The molecule has 0 aliphatic rings. The average Bonchev–Trinajstić information content (AvgIpc) is 2.35. The summed E-state index contributed by atoms with van der Waals surface area (Å²) in [5.41, 5.74) is -0.162. The van der Waals surface area contributed by atoms with Crippen LogP contribution in [0, 0.1) is 21.8 Å². The second kappa shape index (κ2) is 6.12. The van der Waals surface area contributed by atoms with Crippen molar-refractivity contribution in [2.75, 3.05) is 18.0 Å². The number of benzene rings is 1. The fraction of sp³-hybridized carbons (Fsp3) is 0.417. The SMILES string of the molecule is CCN(CC(C)C(=O)O)c1ccc([N+](=O)[O-])cc1F. The van der Waals surface area contributed by atoms with Gasteiger partial charge in [0.25, 0.3) is 5.69 Å². The van der Waals surface area contributed by atoms with E-state index in [1.54, 1.807) is 6.92 Å². The molecule has 1 unspecified atom stereocenters. The van der Waals surface area contributed by atoms with E-state index in [9.17, 15) is 19.3 Å². The summed E-state index contributed by atoms with van der Waals surface area (Å²) in [4.78, 5) is 22.2. The Balaban J connectivity index is 2.99. The third kappa shape index (κ3) is 3.64. The molecule has 0 aliphatic carbocycles. The van der Waals surface area contributed by atoms with Crippen molar-refractivity contribution < 1.29 is 19.2 Å². The van der Waals surface area contributed by atoms with Crippen LogP contribution in [0.5, 0.6) is 0 Å². The number of nitrogens with zero attached hydrogens (tertiary/aromatic N) is 2. The van der Waals surface area contributed by atoms with E-state index in [4.69, 9.17) is 5.11 Å². The maximum atomic E-state index is 13.8. The van der Waals surface area contributed by atoms with Gasteiger partial charge in [-0.3, -0.25) is 14.9 Å². The first-order valence-electron chi connectivity index (χ1n) is 5.78. The Morgan fingerprint density at radius 1 is 1.58 bits per heavy atom. The minimum absolute atomic E-state index is 0.139. The number of carboxylic acid groups (broad SMARTS) is 1. The number of nitro benzene ring substituents is 1. The number of rotatable bonds is 6. The molecule has 6 nitrogen and oxygen atoms in total. The lowest BCUT2D eigenvalue weighted by molar-refractivity contribution is -0.385. The molecule has 1 aromatic rings. The Kier molecular flexibility index (Phi) is 4.80. The summed E-state index contributed by atoms with van der Waals surface area (Å²) in [5, 5.41) is 19.4. The van der Waals surface area contributed by atoms with Crippen LogP contribution in [0.1, 0.15) is 13.8 Å². The van der Waals surface area contributed by atoms with Crippen molar-refractivity contribution in [1.82, 2.24) is 0 Å². The largest absolute Gasteiger partial charge is 0.481 e. The molecule has 1 N–H and O–H groups in total. The van der Waals surface area contributed by atoms with E-state index in [-0.39, 0.29) is 17.9 Å². The zero-order chi connectivity index (χ0) is 14.6. The number of anilines is 1. The minimum atomic E-state index is -0.972. The van der Waals surface area contributed by atoms with Crippen LogP contribution in [0.2, 0.25) is 0 Å². The molecule has 1 rings (SSSR count).